The summed E-state index contributed by atoms with van der Waals surface area (Å²) in [4.78, 5) is 4.29. The molecule has 0 spiro atoms. The van der Waals surface area contributed by atoms with Crippen LogP contribution in [0.3, 0.4) is 0 Å². The number of sulfonamides is 1. The van der Waals surface area contributed by atoms with Gasteiger partial charge in [-0.25, -0.2) is 8.42 Å². The lowest BCUT2D eigenvalue weighted by molar-refractivity contribution is 0.324. The van der Waals surface area contributed by atoms with Crippen LogP contribution in [0.1, 0.15) is 19.8 Å². The van der Waals surface area contributed by atoms with E-state index in [1.807, 2.05) is 31.2 Å². The number of fused-ring (bicyclic) bond motifs is 1. The minimum atomic E-state index is -3.67. The molecule has 0 radical (unpaired) electrons. The minimum Gasteiger partial charge on any atom is -0.481 e. The molecule has 3 rings (SSSR count). The van der Waals surface area contributed by atoms with Crippen LogP contribution in [-0.4, -0.2) is 50.5 Å². The van der Waals surface area contributed by atoms with Crippen molar-refractivity contribution in [1.29, 1.82) is 0 Å². The molecule has 130 valence electrons. The number of rotatable bonds is 4. The number of nitrogens with zero attached hydrogens (tertiary/aromatic N) is 2. The third-order valence-corrected chi connectivity index (χ3v) is 6.27. The Kier molecular flexibility index (Phi) is 5.03. The zero-order valence-corrected chi connectivity index (χ0v) is 14.8. The molecule has 0 aliphatic carbocycles. The third kappa shape index (κ3) is 3.11. The van der Waals surface area contributed by atoms with Crippen LogP contribution in [0.2, 0.25) is 0 Å². The van der Waals surface area contributed by atoms with Crippen molar-refractivity contribution in [3.8, 4) is 5.88 Å². The lowest BCUT2D eigenvalue weighted by Gasteiger charge is -2.27. The number of pyridine rings is 1. The van der Waals surface area contributed by atoms with Crippen molar-refractivity contribution in [3.05, 3.63) is 30.3 Å². The summed E-state index contributed by atoms with van der Waals surface area (Å²) in [6.45, 7) is 4.01. The van der Waals surface area contributed by atoms with Crippen molar-refractivity contribution >= 4 is 20.8 Å². The molecule has 0 bridgehead atoms. The van der Waals surface area contributed by atoms with Crippen molar-refractivity contribution in [2.24, 2.45) is 0 Å². The van der Waals surface area contributed by atoms with E-state index in [9.17, 15) is 8.42 Å². The Bertz CT molecular complexity index is 823. The largest absolute Gasteiger partial charge is 0.481 e. The number of benzene rings is 1. The molecular weight excluding hydrogens is 326 g/mol. The summed E-state index contributed by atoms with van der Waals surface area (Å²) in [7, 11) is -2.16. The normalized spacial score (nSPS) is 20.0. The standard InChI is InChI=1S/C17H23N3O3S/c1-3-14-12-18-9-6-10-20(14)24(21,22)16-11-13-7-4-5-8-15(13)17(19-16)23-2/h4-5,7-8,11,14,18H,3,6,9-10,12H2,1-2H3. The molecule has 6 nitrogen and oxygen atoms in total. The minimum absolute atomic E-state index is 0.0541. The topological polar surface area (TPSA) is 71.5 Å². The third-order valence-electron chi connectivity index (χ3n) is 4.44. The first-order valence-electron chi connectivity index (χ1n) is 8.24. The van der Waals surface area contributed by atoms with Gasteiger partial charge in [0.05, 0.1) is 7.11 Å². The van der Waals surface area contributed by atoms with E-state index in [4.69, 9.17) is 4.74 Å². The smallest absolute Gasteiger partial charge is 0.260 e. The summed E-state index contributed by atoms with van der Waals surface area (Å²) in [5, 5.41) is 4.97. The molecule has 1 saturated heterocycles. The number of methoxy groups -OCH3 is 1. The van der Waals surface area contributed by atoms with Gasteiger partial charge in [0.25, 0.3) is 10.0 Å². The molecule has 0 saturated carbocycles. The van der Waals surface area contributed by atoms with Crippen LogP contribution in [0.25, 0.3) is 10.8 Å². The van der Waals surface area contributed by atoms with Crippen LogP contribution in [0, 0.1) is 0 Å². The molecule has 1 aromatic carbocycles. The Morgan fingerprint density at radius 2 is 2.17 bits per heavy atom. The summed E-state index contributed by atoms with van der Waals surface area (Å²) in [6.07, 6.45) is 1.55. The molecule has 0 amide bonds. The van der Waals surface area contributed by atoms with E-state index in [0.29, 0.717) is 19.0 Å². The molecule has 1 unspecified atom stereocenters. The van der Waals surface area contributed by atoms with Crippen LogP contribution >= 0.6 is 0 Å². The Labute approximate surface area is 142 Å². The van der Waals surface area contributed by atoms with Crippen molar-refractivity contribution in [1.82, 2.24) is 14.6 Å². The highest BCUT2D eigenvalue weighted by atomic mass is 32.2. The van der Waals surface area contributed by atoms with Gasteiger partial charge in [-0.2, -0.15) is 9.29 Å². The van der Waals surface area contributed by atoms with Gasteiger partial charge in [0.1, 0.15) is 0 Å². The van der Waals surface area contributed by atoms with Gasteiger partial charge in [-0.15, -0.1) is 0 Å². The molecule has 1 aliphatic rings. The summed E-state index contributed by atoms with van der Waals surface area (Å²) in [5.41, 5.74) is 0. The highest BCUT2D eigenvalue weighted by Crippen LogP contribution is 2.28. The highest BCUT2D eigenvalue weighted by molar-refractivity contribution is 7.89. The monoisotopic (exact) mass is 349 g/mol. The average Bonchev–Trinajstić information content (AvgIpc) is 2.86. The maximum absolute atomic E-state index is 13.2. The van der Waals surface area contributed by atoms with Crippen LogP contribution in [0.15, 0.2) is 35.4 Å². The van der Waals surface area contributed by atoms with Crippen LogP contribution in [-0.2, 0) is 10.0 Å². The molecule has 1 aliphatic heterocycles. The lowest BCUT2D eigenvalue weighted by atomic mass is 10.2. The zero-order chi connectivity index (χ0) is 17.2. The van der Waals surface area contributed by atoms with E-state index < -0.39 is 10.0 Å². The van der Waals surface area contributed by atoms with Gasteiger partial charge < -0.3 is 10.1 Å². The fourth-order valence-corrected chi connectivity index (χ4v) is 4.83. The van der Waals surface area contributed by atoms with E-state index in [2.05, 4.69) is 10.3 Å². The van der Waals surface area contributed by atoms with Crippen molar-refractivity contribution < 1.29 is 13.2 Å². The van der Waals surface area contributed by atoms with E-state index >= 15 is 0 Å². The highest BCUT2D eigenvalue weighted by Gasteiger charge is 2.33. The van der Waals surface area contributed by atoms with Crippen molar-refractivity contribution in [2.75, 3.05) is 26.7 Å². The molecular formula is C17H23N3O3S. The lowest BCUT2D eigenvalue weighted by Crippen LogP contribution is -2.43. The molecule has 2 aromatic rings. The molecule has 1 N–H and O–H groups in total. The van der Waals surface area contributed by atoms with E-state index in [1.165, 1.54) is 7.11 Å². The first kappa shape index (κ1) is 17.1. The number of hydrogen-bond donors (Lipinski definition) is 1. The first-order chi connectivity index (χ1) is 11.6. The Morgan fingerprint density at radius 3 is 2.92 bits per heavy atom. The predicted octanol–water partition coefficient (Wildman–Crippen LogP) is 2.01. The van der Waals surface area contributed by atoms with Crippen LogP contribution < -0.4 is 10.1 Å². The predicted molar refractivity (Wildman–Crippen MR) is 93.8 cm³/mol. The maximum atomic E-state index is 13.2. The van der Waals surface area contributed by atoms with Gasteiger partial charge >= 0.3 is 0 Å². The van der Waals surface area contributed by atoms with E-state index in [1.54, 1.807) is 10.4 Å². The molecule has 1 atom stereocenters. The summed E-state index contributed by atoms with van der Waals surface area (Å²) < 4.78 is 33.3. The summed E-state index contributed by atoms with van der Waals surface area (Å²) in [6, 6.07) is 9.09. The van der Waals surface area contributed by atoms with E-state index in [-0.39, 0.29) is 11.1 Å². The zero-order valence-electron chi connectivity index (χ0n) is 14.0. The Hall–Kier alpha value is -1.70. The SMILES string of the molecule is CCC1CNCCCN1S(=O)(=O)c1cc2ccccc2c(OC)n1. The van der Waals surface area contributed by atoms with Gasteiger partial charge in [-0.1, -0.05) is 25.1 Å². The number of ether oxygens (including phenoxy) is 1. The second-order valence-corrected chi connectivity index (χ2v) is 7.76. The molecule has 1 fully saturated rings. The number of hydrogen-bond acceptors (Lipinski definition) is 5. The molecule has 2 heterocycles. The maximum Gasteiger partial charge on any atom is 0.260 e. The molecule has 24 heavy (non-hydrogen) atoms. The Balaban J connectivity index is 2.10. The summed E-state index contributed by atoms with van der Waals surface area (Å²) >= 11 is 0. The average molecular weight is 349 g/mol. The number of aromatic nitrogens is 1. The first-order valence-corrected chi connectivity index (χ1v) is 9.68. The van der Waals surface area contributed by atoms with Gasteiger partial charge in [0.2, 0.25) is 5.88 Å². The second kappa shape index (κ2) is 7.04. The molecule has 7 heteroatoms. The second-order valence-electron chi connectivity index (χ2n) is 5.93. The fourth-order valence-electron chi connectivity index (χ4n) is 3.13. The van der Waals surface area contributed by atoms with E-state index in [0.717, 1.165) is 30.2 Å². The van der Waals surface area contributed by atoms with Crippen molar-refractivity contribution in [3.63, 3.8) is 0 Å². The van der Waals surface area contributed by atoms with Crippen LogP contribution in [0.4, 0.5) is 0 Å². The molecule has 1 aromatic heterocycles. The van der Waals surface area contributed by atoms with Gasteiger partial charge in [-0.05, 0) is 36.9 Å². The van der Waals surface area contributed by atoms with Gasteiger partial charge in [0, 0.05) is 24.5 Å². The van der Waals surface area contributed by atoms with Gasteiger partial charge in [0.15, 0.2) is 5.03 Å². The Morgan fingerprint density at radius 1 is 1.38 bits per heavy atom. The summed E-state index contributed by atoms with van der Waals surface area (Å²) in [5.74, 6) is 0.340. The van der Waals surface area contributed by atoms with Crippen LogP contribution in [0.5, 0.6) is 5.88 Å². The van der Waals surface area contributed by atoms with Gasteiger partial charge in [-0.3, -0.25) is 0 Å². The van der Waals surface area contributed by atoms with Crippen molar-refractivity contribution in [2.45, 2.75) is 30.8 Å². The number of nitrogens with one attached hydrogen (secondary N) is 1. The quantitative estimate of drug-likeness (QED) is 0.914. The fraction of sp³-hybridized carbons (Fsp3) is 0.471.